The van der Waals surface area contributed by atoms with Gasteiger partial charge in [0.15, 0.2) is 0 Å². The normalized spacial score (nSPS) is 16.6. The minimum Gasteiger partial charge on any atom is -0.495 e. The Kier molecular flexibility index (Phi) is 6.39. The predicted octanol–water partition coefficient (Wildman–Crippen LogP) is 3.15. The van der Waals surface area contributed by atoms with Gasteiger partial charge in [0.05, 0.1) is 13.2 Å². The molecule has 0 saturated heterocycles. The summed E-state index contributed by atoms with van der Waals surface area (Å²) >= 11 is 0. The van der Waals surface area contributed by atoms with Gasteiger partial charge in [-0.15, -0.1) is 0 Å². The Labute approximate surface area is 172 Å². The Hall–Kier alpha value is -2.64. The molecule has 0 radical (unpaired) electrons. The van der Waals surface area contributed by atoms with E-state index in [9.17, 15) is 13.2 Å². The van der Waals surface area contributed by atoms with Gasteiger partial charge in [-0.05, 0) is 54.2 Å². The number of nitrogens with one attached hydrogen (secondary N) is 1. The lowest BCUT2D eigenvalue weighted by Gasteiger charge is -2.25. The molecular formula is C22H26N2O4S. The highest BCUT2D eigenvalue weighted by atomic mass is 32.2. The molecule has 0 aromatic heterocycles. The van der Waals surface area contributed by atoms with Crippen molar-refractivity contribution in [3.63, 3.8) is 0 Å². The maximum Gasteiger partial charge on any atom is 0.246 e. The first-order valence-electron chi connectivity index (χ1n) is 9.50. The second-order valence-corrected chi connectivity index (χ2v) is 9.30. The van der Waals surface area contributed by atoms with Crippen molar-refractivity contribution in [1.82, 2.24) is 9.62 Å². The molecule has 0 aliphatic heterocycles. The van der Waals surface area contributed by atoms with Crippen molar-refractivity contribution in [3.05, 3.63) is 65.2 Å². The molecule has 29 heavy (non-hydrogen) atoms. The van der Waals surface area contributed by atoms with E-state index < -0.39 is 10.0 Å². The van der Waals surface area contributed by atoms with Crippen LogP contribution in [0, 0.1) is 0 Å². The number of hydrogen-bond acceptors (Lipinski definition) is 4. The van der Waals surface area contributed by atoms with Crippen molar-refractivity contribution in [2.75, 3.05) is 21.2 Å². The van der Waals surface area contributed by atoms with Crippen molar-refractivity contribution in [2.45, 2.75) is 30.2 Å². The zero-order valence-electron chi connectivity index (χ0n) is 16.9. The molecule has 0 spiro atoms. The van der Waals surface area contributed by atoms with Gasteiger partial charge in [0, 0.05) is 20.2 Å². The molecule has 154 valence electrons. The van der Waals surface area contributed by atoms with Crippen molar-refractivity contribution in [3.8, 4) is 5.75 Å². The molecule has 0 fully saturated rings. The molecule has 7 heteroatoms. The third kappa shape index (κ3) is 4.68. The Morgan fingerprint density at radius 3 is 2.69 bits per heavy atom. The summed E-state index contributed by atoms with van der Waals surface area (Å²) < 4.78 is 31.4. The van der Waals surface area contributed by atoms with Gasteiger partial charge in [-0.2, -0.15) is 0 Å². The first kappa shape index (κ1) is 21.1. The number of carbonyl (C=O) groups is 1. The van der Waals surface area contributed by atoms with Crippen molar-refractivity contribution >= 4 is 22.0 Å². The average Bonchev–Trinajstić information content (AvgIpc) is 2.72. The Balaban J connectivity index is 1.78. The first-order valence-corrected chi connectivity index (χ1v) is 10.9. The molecule has 1 N–H and O–H groups in total. The zero-order valence-corrected chi connectivity index (χ0v) is 17.7. The fourth-order valence-electron chi connectivity index (χ4n) is 3.49. The van der Waals surface area contributed by atoms with E-state index in [0.29, 0.717) is 5.56 Å². The van der Waals surface area contributed by atoms with E-state index in [1.165, 1.54) is 44.5 Å². The van der Waals surface area contributed by atoms with Crippen molar-refractivity contribution in [1.29, 1.82) is 0 Å². The van der Waals surface area contributed by atoms with Crippen LogP contribution in [0.2, 0.25) is 0 Å². The molecule has 1 aliphatic carbocycles. The second kappa shape index (κ2) is 8.80. The zero-order chi connectivity index (χ0) is 21.0. The smallest absolute Gasteiger partial charge is 0.246 e. The van der Waals surface area contributed by atoms with Crippen LogP contribution in [-0.2, 0) is 21.2 Å². The maximum absolute atomic E-state index is 12.5. The van der Waals surface area contributed by atoms with Gasteiger partial charge in [-0.3, -0.25) is 4.79 Å². The molecule has 1 aliphatic rings. The standard InChI is InChI=1S/C22H26N2O4S/c1-24(2)29(26,27)21-15-16(11-13-20(21)28-3)12-14-22(25)23-19-10-6-8-17-7-4-5-9-18(17)19/h4-5,7,9,11-15,19H,6,8,10H2,1-3H3,(H,23,25)/b14-12+/t19-/m1/s1. The van der Waals surface area contributed by atoms with Gasteiger partial charge in [0.1, 0.15) is 10.6 Å². The van der Waals surface area contributed by atoms with Crippen LogP contribution in [0.5, 0.6) is 5.75 Å². The topological polar surface area (TPSA) is 75.7 Å². The Bertz CT molecular complexity index is 1030. The summed E-state index contributed by atoms with van der Waals surface area (Å²) in [7, 11) is 0.693. The van der Waals surface area contributed by atoms with Crippen LogP contribution >= 0.6 is 0 Å². The van der Waals surface area contributed by atoms with Crippen molar-refractivity contribution < 1.29 is 17.9 Å². The average molecular weight is 415 g/mol. The van der Waals surface area contributed by atoms with Crippen LogP contribution in [0.3, 0.4) is 0 Å². The highest BCUT2D eigenvalue weighted by molar-refractivity contribution is 7.89. The predicted molar refractivity (Wildman–Crippen MR) is 113 cm³/mol. The van der Waals surface area contributed by atoms with E-state index in [4.69, 9.17) is 4.74 Å². The molecule has 0 heterocycles. The van der Waals surface area contributed by atoms with Crippen LogP contribution in [0.25, 0.3) is 6.08 Å². The molecule has 0 unspecified atom stereocenters. The number of hydrogen-bond donors (Lipinski definition) is 1. The van der Waals surface area contributed by atoms with Crippen LogP contribution in [0.1, 0.15) is 35.6 Å². The number of amides is 1. The number of fused-ring (bicyclic) bond motifs is 1. The fraction of sp³-hybridized carbons (Fsp3) is 0.318. The molecule has 1 atom stereocenters. The third-order valence-electron chi connectivity index (χ3n) is 5.06. The molecule has 0 saturated carbocycles. The molecule has 2 aromatic rings. The van der Waals surface area contributed by atoms with E-state index in [1.807, 2.05) is 12.1 Å². The number of benzene rings is 2. The quantitative estimate of drug-likeness (QED) is 0.737. The van der Waals surface area contributed by atoms with E-state index in [1.54, 1.807) is 18.2 Å². The second-order valence-electron chi connectivity index (χ2n) is 7.18. The van der Waals surface area contributed by atoms with Crippen LogP contribution in [0.15, 0.2) is 53.4 Å². The summed E-state index contributed by atoms with van der Waals surface area (Å²) in [5, 5.41) is 3.05. The van der Waals surface area contributed by atoms with E-state index in [0.717, 1.165) is 23.6 Å². The lowest BCUT2D eigenvalue weighted by atomic mass is 9.88. The summed E-state index contributed by atoms with van der Waals surface area (Å²) in [6.45, 7) is 0. The van der Waals surface area contributed by atoms with Crippen molar-refractivity contribution in [2.24, 2.45) is 0 Å². The van der Waals surface area contributed by atoms with Gasteiger partial charge in [-0.25, -0.2) is 12.7 Å². The Morgan fingerprint density at radius 1 is 1.21 bits per heavy atom. The molecule has 2 aromatic carbocycles. The number of carbonyl (C=O) groups excluding carboxylic acids is 1. The van der Waals surface area contributed by atoms with Gasteiger partial charge in [0.25, 0.3) is 0 Å². The molecule has 1 amide bonds. The van der Waals surface area contributed by atoms with E-state index in [-0.39, 0.29) is 22.6 Å². The van der Waals surface area contributed by atoms with Gasteiger partial charge >= 0.3 is 0 Å². The van der Waals surface area contributed by atoms with Crippen LogP contribution < -0.4 is 10.1 Å². The number of sulfonamides is 1. The fourth-order valence-corrected chi connectivity index (χ4v) is 4.57. The minimum absolute atomic E-state index is 0.00218. The highest BCUT2D eigenvalue weighted by Gasteiger charge is 2.23. The Morgan fingerprint density at radius 2 is 1.97 bits per heavy atom. The first-order chi connectivity index (χ1) is 13.8. The van der Waals surface area contributed by atoms with Gasteiger partial charge < -0.3 is 10.1 Å². The van der Waals surface area contributed by atoms with Crippen LogP contribution in [0.4, 0.5) is 0 Å². The number of rotatable bonds is 6. The summed E-state index contributed by atoms with van der Waals surface area (Å²) in [5.74, 6) is 0.0543. The highest BCUT2D eigenvalue weighted by Crippen LogP contribution is 2.30. The minimum atomic E-state index is -3.66. The molecule has 3 rings (SSSR count). The molecule has 6 nitrogen and oxygen atoms in total. The van der Waals surface area contributed by atoms with Gasteiger partial charge in [0.2, 0.25) is 15.9 Å². The van der Waals surface area contributed by atoms with E-state index >= 15 is 0 Å². The summed E-state index contributed by atoms with van der Waals surface area (Å²) in [4.78, 5) is 12.5. The summed E-state index contributed by atoms with van der Waals surface area (Å²) in [6.07, 6.45) is 6.02. The largest absolute Gasteiger partial charge is 0.495 e. The summed E-state index contributed by atoms with van der Waals surface area (Å²) in [6, 6.07) is 13.0. The molecular weight excluding hydrogens is 388 g/mol. The van der Waals surface area contributed by atoms with E-state index in [2.05, 4.69) is 17.4 Å². The number of nitrogens with zero attached hydrogens (tertiary/aromatic N) is 1. The number of ether oxygens (including phenoxy) is 1. The van der Waals surface area contributed by atoms with Gasteiger partial charge in [-0.1, -0.05) is 30.3 Å². The number of aryl methyl sites for hydroxylation is 1. The monoisotopic (exact) mass is 414 g/mol. The lowest BCUT2D eigenvalue weighted by molar-refractivity contribution is -0.117. The molecule has 0 bridgehead atoms. The lowest BCUT2D eigenvalue weighted by Crippen LogP contribution is -2.29. The van der Waals surface area contributed by atoms with Crippen LogP contribution in [-0.4, -0.2) is 39.8 Å². The SMILES string of the molecule is COc1ccc(/C=C/C(=O)N[C@@H]2CCCc3ccccc32)cc1S(=O)(=O)N(C)C. The summed E-state index contributed by atoms with van der Waals surface area (Å²) in [5.41, 5.74) is 3.05. The number of methoxy groups -OCH3 is 1. The maximum atomic E-state index is 12.5. The third-order valence-corrected chi connectivity index (χ3v) is 6.90.